The summed E-state index contributed by atoms with van der Waals surface area (Å²) in [4.78, 5) is 12.3. The van der Waals surface area contributed by atoms with Gasteiger partial charge in [0.05, 0.1) is 25.7 Å². The molecule has 1 fully saturated rings. The molecule has 1 aliphatic rings. The number of amides is 1. The van der Waals surface area contributed by atoms with E-state index in [1.54, 1.807) is 14.2 Å². The van der Waals surface area contributed by atoms with Crippen LogP contribution in [0.3, 0.4) is 0 Å². The quantitative estimate of drug-likeness (QED) is 0.873. The van der Waals surface area contributed by atoms with Gasteiger partial charge in [-0.1, -0.05) is 42.5 Å². The van der Waals surface area contributed by atoms with Crippen molar-refractivity contribution in [3.8, 4) is 0 Å². The van der Waals surface area contributed by atoms with Crippen LogP contribution in [0.15, 0.2) is 42.5 Å². The van der Waals surface area contributed by atoms with E-state index in [0.717, 1.165) is 10.9 Å². The molecule has 3 rings (SSSR count). The van der Waals surface area contributed by atoms with Crippen LogP contribution in [0.25, 0.3) is 10.8 Å². The Bertz CT molecular complexity index is 718. The van der Waals surface area contributed by atoms with Crippen molar-refractivity contribution in [1.29, 1.82) is 0 Å². The van der Waals surface area contributed by atoms with E-state index in [-0.39, 0.29) is 24.0 Å². The highest BCUT2D eigenvalue weighted by atomic mass is 16.6. The largest absolute Gasteiger partial charge is 0.378 e. The molecule has 0 aliphatic carbocycles. The molecule has 0 aromatic heterocycles. The summed E-state index contributed by atoms with van der Waals surface area (Å²) in [6, 6.07) is 14.3. The molecule has 1 aliphatic heterocycles. The Morgan fingerprint density at radius 2 is 1.92 bits per heavy atom. The molecular formula is C20H25NO4. The Kier molecular flexibility index (Phi) is 6.02. The van der Waals surface area contributed by atoms with Gasteiger partial charge in [-0.3, -0.25) is 4.79 Å². The molecule has 0 saturated carbocycles. The molecule has 5 nitrogen and oxygen atoms in total. The monoisotopic (exact) mass is 343 g/mol. The molecule has 25 heavy (non-hydrogen) atoms. The summed E-state index contributed by atoms with van der Waals surface area (Å²) in [6.45, 7) is 1.61. The van der Waals surface area contributed by atoms with E-state index in [1.807, 2.05) is 18.2 Å². The highest BCUT2D eigenvalue weighted by molar-refractivity contribution is 5.85. The van der Waals surface area contributed by atoms with Crippen molar-refractivity contribution in [1.82, 2.24) is 5.32 Å². The van der Waals surface area contributed by atoms with E-state index in [4.69, 9.17) is 14.2 Å². The van der Waals surface area contributed by atoms with Crippen LogP contribution in [0.5, 0.6) is 0 Å². The standard InChI is InChI=1S/C20H25NO4/c1-23-18-13-25-12-17(20(18)24-2)11-21-19(22)10-14-7-8-15-5-3-4-6-16(15)9-14/h3-9,17-18,20H,10-13H2,1-2H3,(H,21,22)/t17-,18-,20+/m1/s1. The van der Waals surface area contributed by atoms with E-state index in [1.165, 1.54) is 5.39 Å². The molecule has 0 radical (unpaired) electrons. The van der Waals surface area contributed by atoms with Gasteiger partial charge in [0, 0.05) is 26.7 Å². The van der Waals surface area contributed by atoms with Crippen molar-refractivity contribution < 1.29 is 19.0 Å². The third kappa shape index (κ3) is 4.37. The van der Waals surface area contributed by atoms with Crippen LogP contribution in [0.1, 0.15) is 5.56 Å². The number of nitrogens with one attached hydrogen (secondary N) is 1. The summed E-state index contributed by atoms with van der Waals surface area (Å²) in [5.74, 6) is 0.0916. The molecule has 0 spiro atoms. The highest BCUT2D eigenvalue weighted by Gasteiger charge is 2.34. The van der Waals surface area contributed by atoms with Gasteiger partial charge in [0.25, 0.3) is 0 Å². The van der Waals surface area contributed by atoms with Crippen molar-refractivity contribution in [2.75, 3.05) is 34.0 Å². The summed E-state index contributed by atoms with van der Waals surface area (Å²) in [7, 11) is 3.33. The number of hydrogen-bond donors (Lipinski definition) is 1. The lowest BCUT2D eigenvalue weighted by Gasteiger charge is -2.36. The number of hydrogen-bond acceptors (Lipinski definition) is 4. The molecule has 1 saturated heterocycles. The minimum absolute atomic E-state index is 0.00433. The number of fused-ring (bicyclic) bond motifs is 1. The van der Waals surface area contributed by atoms with E-state index in [2.05, 4.69) is 29.6 Å². The fourth-order valence-corrected chi connectivity index (χ4v) is 3.39. The van der Waals surface area contributed by atoms with Crippen LogP contribution < -0.4 is 5.32 Å². The van der Waals surface area contributed by atoms with Gasteiger partial charge in [-0.25, -0.2) is 0 Å². The van der Waals surface area contributed by atoms with E-state index in [9.17, 15) is 4.79 Å². The normalized spacial score (nSPS) is 23.5. The Morgan fingerprint density at radius 3 is 2.68 bits per heavy atom. The fourth-order valence-electron chi connectivity index (χ4n) is 3.39. The van der Waals surface area contributed by atoms with Crippen LogP contribution in [0.4, 0.5) is 0 Å². The Morgan fingerprint density at radius 1 is 1.12 bits per heavy atom. The third-order valence-corrected chi connectivity index (χ3v) is 4.76. The van der Waals surface area contributed by atoms with Gasteiger partial charge in [0.2, 0.25) is 5.91 Å². The van der Waals surface area contributed by atoms with Crippen LogP contribution in [0.2, 0.25) is 0 Å². The number of carbonyl (C=O) groups is 1. The van der Waals surface area contributed by atoms with E-state index in [0.29, 0.717) is 26.2 Å². The average molecular weight is 343 g/mol. The first-order valence-electron chi connectivity index (χ1n) is 8.59. The zero-order valence-electron chi connectivity index (χ0n) is 14.7. The fraction of sp³-hybridized carbons (Fsp3) is 0.450. The zero-order chi connectivity index (χ0) is 17.6. The van der Waals surface area contributed by atoms with Crippen molar-refractivity contribution in [3.05, 3.63) is 48.0 Å². The lowest BCUT2D eigenvalue weighted by molar-refractivity contribution is -0.147. The molecule has 134 valence electrons. The maximum absolute atomic E-state index is 12.3. The Balaban J connectivity index is 1.56. The summed E-state index contributed by atoms with van der Waals surface area (Å²) in [6.07, 6.45) is 0.199. The van der Waals surface area contributed by atoms with Crippen LogP contribution in [-0.2, 0) is 25.4 Å². The second-order valence-electron chi connectivity index (χ2n) is 6.43. The predicted molar refractivity (Wildman–Crippen MR) is 96.6 cm³/mol. The first-order valence-corrected chi connectivity index (χ1v) is 8.59. The van der Waals surface area contributed by atoms with Crippen molar-refractivity contribution >= 4 is 16.7 Å². The maximum Gasteiger partial charge on any atom is 0.224 e. The minimum Gasteiger partial charge on any atom is -0.378 e. The number of benzene rings is 2. The van der Waals surface area contributed by atoms with E-state index >= 15 is 0 Å². The second-order valence-corrected chi connectivity index (χ2v) is 6.43. The predicted octanol–water partition coefficient (Wildman–Crippen LogP) is 2.17. The van der Waals surface area contributed by atoms with Crippen LogP contribution >= 0.6 is 0 Å². The lowest BCUT2D eigenvalue weighted by Crippen LogP contribution is -2.50. The van der Waals surface area contributed by atoms with Gasteiger partial charge in [0.1, 0.15) is 6.10 Å². The number of rotatable bonds is 6. The van der Waals surface area contributed by atoms with Gasteiger partial charge in [-0.05, 0) is 16.3 Å². The molecule has 5 heteroatoms. The van der Waals surface area contributed by atoms with Gasteiger partial charge in [0.15, 0.2) is 0 Å². The van der Waals surface area contributed by atoms with Crippen molar-refractivity contribution in [2.45, 2.75) is 18.6 Å². The molecule has 1 heterocycles. The Labute approximate surface area is 148 Å². The van der Waals surface area contributed by atoms with Gasteiger partial charge in [-0.2, -0.15) is 0 Å². The Hall–Kier alpha value is -1.95. The number of carbonyl (C=O) groups excluding carboxylic acids is 1. The summed E-state index contributed by atoms with van der Waals surface area (Å²) < 4.78 is 16.5. The summed E-state index contributed by atoms with van der Waals surface area (Å²) in [5.41, 5.74) is 1.01. The van der Waals surface area contributed by atoms with Gasteiger partial charge in [-0.15, -0.1) is 0 Å². The van der Waals surface area contributed by atoms with Gasteiger partial charge < -0.3 is 19.5 Å². The topological polar surface area (TPSA) is 56.8 Å². The number of ether oxygens (including phenoxy) is 3. The molecule has 1 N–H and O–H groups in total. The summed E-state index contributed by atoms with van der Waals surface area (Å²) in [5, 5.41) is 5.33. The first-order chi connectivity index (χ1) is 12.2. The molecular weight excluding hydrogens is 318 g/mol. The van der Waals surface area contributed by atoms with Gasteiger partial charge >= 0.3 is 0 Å². The van der Waals surface area contributed by atoms with Crippen molar-refractivity contribution in [3.63, 3.8) is 0 Å². The third-order valence-electron chi connectivity index (χ3n) is 4.76. The molecule has 0 bridgehead atoms. The minimum atomic E-state index is -0.0962. The average Bonchev–Trinajstić information content (AvgIpc) is 2.65. The number of methoxy groups -OCH3 is 2. The second kappa shape index (κ2) is 8.43. The lowest BCUT2D eigenvalue weighted by atomic mass is 9.96. The maximum atomic E-state index is 12.3. The first kappa shape index (κ1) is 17.9. The molecule has 0 unspecified atom stereocenters. The molecule has 3 atom stereocenters. The molecule has 2 aromatic carbocycles. The molecule has 1 amide bonds. The van der Waals surface area contributed by atoms with Crippen molar-refractivity contribution in [2.24, 2.45) is 5.92 Å². The molecule has 2 aromatic rings. The van der Waals surface area contributed by atoms with Crippen LogP contribution in [-0.4, -0.2) is 52.1 Å². The SMILES string of the molecule is CO[C@H]1[C@H](CNC(=O)Cc2ccc3ccccc3c2)COC[C@H]1OC. The van der Waals surface area contributed by atoms with E-state index < -0.39 is 0 Å². The zero-order valence-corrected chi connectivity index (χ0v) is 14.7. The smallest absolute Gasteiger partial charge is 0.224 e. The highest BCUT2D eigenvalue weighted by Crippen LogP contribution is 2.20. The summed E-state index contributed by atoms with van der Waals surface area (Å²) >= 11 is 0. The van der Waals surface area contributed by atoms with Crippen LogP contribution in [0, 0.1) is 5.92 Å².